The molecule has 10 heteroatoms. The molecule has 5 rings (SSSR count). The van der Waals surface area contributed by atoms with Gasteiger partial charge < -0.3 is 15.7 Å². The van der Waals surface area contributed by atoms with E-state index in [-0.39, 0.29) is 5.91 Å². The maximum atomic E-state index is 13.0. The molecular weight excluding hydrogens is 454 g/mol. The molecule has 0 radical (unpaired) electrons. The maximum absolute atomic E-state index is 13.0. The second-order valence-electron chi connectivity index (χ2n) is 8.43. The summed E-state index contributed by atoms with van der Waals surface area (Å²) in [4.78, 5) is 46.8. The molecule has 3 amide bonds. The lowest BCUT2D eigenvalue weighted by Gasteiger charge is -2.26. The Balaban J connectivity index is 1.25. The van der Waals surface area contributed by atoms with E-state index in [1.807, 2.05) is 17.5 Å². The van der Waals surface area contributed by atoms with Crippen molar-refractivity contribution < 1.29 is 19.5 Å². The third-order valence-corrected chi connectivity index (χ3v) is 6.85. The molecule has 3 N–H and O–H groups in total. The molecule has 2 aliphatic rings. The van der Waals surface area contributed by atoms with Gasteiger partial charge in [0, 0.05) is 34.9 Å². The summed E-state index contributed by atoms with van der Waals surface area (Å²) in [5.41, 5.74) is 2.91. The standard InChI is InChI=1S/C24H23N5O4S/c30-21(26-17-5-6-17)16-3-1-14(2-4-16)18-13-34-23(27-18)28-22(31)20-8-7-19(29(20)24(32)33)15-9-11-25-12-10-15/h1-4,9-13,17,19-20H,5-8H2,(H,26,30)(H,32,33)(H,27,28,31). The number of carbonyl (C=O) groups excluding carboxylic acids is 2. The summed E-state index contributed by atoms with van der Waals surface area (Å²) in [6.45, 7) is 0. The summed E-state index contributed by atoms with van der Waals surface area (Å²) in [5, 5.41) is 17.7. The molecule has 34 heavy (non-hydrogen) atoms. The van der Waals surface area contributed by atoms with Gasteiger partial charge in [0.1, 0.15) is 6.04 Å². The van der Waals surface area contributed by atoms with Crippen LogP contribution in [0.5, 0.6) is 0 Å². The van der Waals surface area contributed by atoms with Gasteiger partial charge in [-0.25, -0.2) is 9.78 Å². The summed E-state index contributed by atoms with van der Waals surface area (Å²) < 4.78 is 0. The predicted octanol–water partition coefficient (Wildman–Crippen LogP) is 3.92. The number of hydrogen-bond donors (Lipinski definition) is 3. The molecule has 1 saturated carbocycles. The van der Waals surface area contributed by atoms with Crippen LogP contribution in [0.15, 0.2) is 54.2 Å². The first kappa shape index (κ1) is 22.0. The van der Waals surface area contributed by atoms with E-state index in [0.29, 0.717) is 35.3 Å². The van der Waals surface area contributed by atoms with Crippen LogP contribution in [0.4, 0.5) is 9.93 Å². The fourth-order valence-corrected chi connectivity index (χ4v) is 4.91. The molecule has 9 nitrogen and oxygen atoms in total. The third kappa shape index (κ3) is 4.62. The summed E-state index contributed by atoms with van der Waals surface area (Å²) in [6.07, 6.45) is 5.15. The van der Waals surface area contributed by atoms with Gasteiger partial charge in [0.15, 0.2) is 5.13 Å². The lowest BCUT2D eigenvalue weighted by atomic mass is 10.1. The Hall–Kier alpha value is -3.79. The second kappa shape index (κ2) is 9.22. The van der Waals surface area contributed by atoms with E-state index < -0.39 is 24.1 Å². The monoisotopic (exact) mass is 477 g/mol. The maximum Gasteiger partial charge on any atom is 0.408 e. The highest BCUT2D eigenvalue weighted by Gasteiger charge is 2.42. The molecule has 2 fully saturated rings. The number of nitrogens with one attached hydrogen (secondary N) is 2. The zero-order chi connectivity index (χ0) is 23.7. The van der Waals surface area contributed by atoms with Gasteiger partial charge in [-0.3, -0.25) is 19.5 Å². The Bertz CT molecular complexity index is 1210. The van der Waals surface area contributed by atoms with E-state index in [2.05, 4.69) is 20.6 Å². The molecule has 2 unspecified atom stereocenters. The summed E-state index contributed by atoms with van der Waals surface area (Å²) in [6, 6.07) is 9.82. The number of carboxylic acid groups (broad SMARTS) is 1. The molecule has 174 valence electrons. The number of amides is 3. The molecule has 1 saturated heterocycles. The van der Waals surface area contributed by atoms with Gasteiger partial charge in [-0.1, -0.05) is 12.1 Å². The number of rotatable bonds is 6. The Morgan fingerprint density at radius 3 is 2.41 bits per heavy atom. The fraction of sp³-hybridized carbons (Fsp3) is 0.292. The van der Waals surface area contributed by atoms with E-state index >= 15 is 0 Å². The number of aromatic nitrogens is 2. The number of anilines is 1. The highest BCUT2D eigenvalue weighted by atomic mass is 32.1. The van der Waals surface area contributed by atoms with Gasteiger partial charge in [-0.15, -0.1) is 11.3 Å². The second-order valence-corrected chi connectivity index (χ2v) is 9.29. The van der Waals surface area contributed by atoms with Crippen molar-refractivity contribution in [2.45, 2.75) is 43.8 Å². The minimum absolute atomic E-state index is 0.0788. The van der Waals surface area contributed by atoms with Crippen molar-refractivity contribution in [3.05, 3.63) is 65.3 Å². The molecule has 2 aromatic heterocycles. The van der Waals surface area contributed by atoms with Gasteiger partial charge in [0.2, 0.25) is 5.91 Å². The minimum atomic E-state index is -1.13. The van der Waals surface area contributed by atoms with Crippen LogP contribution in [0.3, 0.4) is 0 Å². The summed E-state index contributed by atoms with van der Waals surface area (Å²) in [7, 11) is 0. The molecule has 2 atom stereocenters. The van der Waals surface area contributed by atoms with E-state index in [0.717, 1.165) is 24.0 Å². The van der Waals surface area contributed by atoms with Gasteiger partial charge in [0.25, 0.3) is 5.91 Å². The van der Waals surface area contributed by atoms with Crippen molar-refractivity contribution in [1.29, 1.82) is 0 Å². The SMILES string of the molecule is O=C(NC1CC1)c1ccc(-c2csc(NC(=O)C3CCC(c4ccncc4)N3C(=O)O)n2)cc1. The predicted molar refractivity (Wildman–Crippen MR) is 127 cm³/mol. The zero-order valence-corrected chi connectivity index (χ0v) is 19.0. The van der Waals surface area contributed by atoms with E-state index in [1.165, 1.54) is 16.2 Å². The molecule has 1 aliphatic heterocycles. The normalized spacial score (nSPS) is 19.6. The van der Waals surface area contributed by atoms with Crippen LogP contribution in [0.1, 0.15) is 47.6 Å². The van der Waals surface area contributed by atoms with Crippen molar-refractivity contribution >= 4 is 34.4 Å². The summed E-state index contributed by atoms with van der Waals surface area (Å²) >= 11 is 1.27. The molecule has 3 aromatic rings. The molecule has 1 aliphatic carbocycles. The molecule has 3 heterocycles. The quantitative estimate of drug-likeness (QED) is 0.494. The van der Waals surface area contributed by atoms with Crippen molar-refractivity contribution in [2.75, 3.05) is 5.32 Å². The van der Waals surface area contributed by atoms with Crippen LogP contribution in [-0.2, 0) is 4.79 Å². The average molecular weight is 478 g/mol. The number of carbonyl (C=O) groups is 3. The first-order chi connectivity index (χ1) is 16.5. The molecule has 1 aromatic carbocycles. The first-order valence-electron chi connectivity index (χ1n) is 11.1. The van der Waals surface area contributed by atoms with E-state index in [9.17, 15) is 19.5 Å². The van der Waals surface area contributed by atoms with Crippen LogP contribution in [0.25, 0.3) is 11.3 Å². The number of nitrogens with zero attached hydrogens (tertiary/aromatic N) is 3. The number of likely N-dealkylation sites (tertiary alicyclic amines) is 1. The van der Waals surface area contributed by atoms with Crippen molar-refractivity contribution in [3.8, 4) is 11.3 Å². The Labute approximate surface area is 199 Å². The average Bonchev–Trinajstić information content (AvgIpc) is 3.35. The van der Waals surface area contributed by atoms with Gasteiger partial charge in [-0.2, -0.15) is 0 Å². The fourth-order valence-electron chi connectivity index (χ4n) is 4.19. The van der Waals surface area contributed by atoms with E-state index in [1.54, 1.807) is 36.7 Å². The highest BCUT2D eigenvalue weighted by molar-refractivity contribution is 7.14. The zero-order valence-electron chi connectivity index (χ0n) is 18.2. The Kier molecular flexibility index (Phi) is 5.97. The highest BCUT2D eigenvalue weighted by Crippen LogP contribution is 2.36. The number of thiazole rings is 1. The van der Waals surface area contributed by atoms with Crippen LogP contribution < -0.4 is 10.6 Å². The van der Waals surface area contributed by atoms with Gasteiger partial charge in [-0.05, 0) is 55.5 Å². The smallest absolute Gasteiger partial charge is 0.408 e. The van der Waals surface area contributed by atoms with Crippen LogP contribution >= 0.6 is 11.3 Å². The largest absolute Gasteiger partial charge is 0.465 e. The van der Waals surface area contributed by atoms with E-state index in [4.69, 9.17) is 0 Å². The van der Waals surface area contributed by atoms with Crippen molar-refractivity contribution in [1.82, 2.24) is 20.2 Å². The van der Waals surface area contributed by atoms with Crippen molar-refractivity contribution in [2.24, 2.45) is 0 Å². The van der Waals surface area contributed by atoms with Crippen molar-refractivity contribution in [3.63, 3.8) is 0 Å². The molecule has 0 bridgehead atoms. The van der Waals surface area contributed by atoms with Crippen LogP contribution in [0, 0.1) is 0 Å². The number of benzene rings is 1. The lowest BCUT2D eigenvalue weighted by Crippen LogP contribution is -2.43. The Morgan fingerprint density at radius 1 is 1.00 bits per heavy atom. The van der Waals surface area contributed by atoms with Gasteiger partial charge >= 0.3 is 6.09 Å². The van der Waals surface area contributed by atoms with Crippen LogP contribution in [0.2, 0.25) is 0 Å². The number of hydrogen-bond acceptors (Lipinski definition) is 6. The third-order valence-electron chi connectivity index (χ3n) is 6.09. The Morgan fingerprint density at radius 2 is 1.74 bits per heavy atom. The topological polar surface area (TPSA) is 125 Å². The molecule has 0 spiro atoms. The number of pyridine rings is 1. The molecular formula is C24H23N5O4S. The minimum Gasteiger partial charge on any atom is -0.465 e. The van der Waals surface area contributed by atoms with Gasteiger partial charge in [0.05, 0.1) is 11.7 Å². The summed E-state index contributed by atoms with van der Waals surface area (Å²) in [5.74, 6) is -0.475. The lowest BCUT2D eigenvalue weighted by molar-refractivity contribution is -0.120. The first-order valence-corrected chi connectivity index (χ1v) is 12.0. The van der Waals surface area contributed by atoms with Crippen LogP contribution in [-0.4, -0.2) is 50.0 Å².